The van der Waals surface area contributed by atoms with Crippen molar-refractivity contribution in [2.75, 3.05) is 0 Å². The first kappa shape index (κ1) is 9.00. The lowest BCUT2D eigenvalue weighted by atomic mass is 9.90. The second-order valence-corrected chi connectivity index (χ2v) is 5.17. The lowest BCUT2D eigenvalue weighted by molar-refractivity contribution is 0.381. The van der Waals surface area contributed by atoms with Gasteiger partial charge in [-0.25, -0.2) is 13.6 Å². The molecule has 1 aliphatic rings. The highest BCUT2D eigenvalue weighted by molar-refractivity contribution is 7.89. The van der Waals surface area contributed by atoms with Crippen LogP contribution < -0.4 is 5.14 Å². The lowest BCUT2D eigenvalue weighted by Crippen LogP contribution is -2.35. The maximum Gasteiger partial charge on any atom is 0.212 e. The van der Waals surface area contributed by atoms with Gasteiger partial charge in [-0.1, -0.05) is 19.8 Å². The zero-order chi connectivity index (χ0) is 8.48. The van der Waals surface area contributed by atoms with Gasteiger partial charge in [0.15, 0.2) is 0 Å². The largest absolute Gasteiger partial charge is 0.228 e. The third kappa shape index (κ3) is 2.17. The van der Waals surface area contributed by atoms with Crippen molar-refractivity contribution in [3.63, 3.8) is 0 Å². The van der Waals surface area contributed by atoms with E-state index in [4.69, 9.17) is 5.14 Å². The minimum Gasteiger partial charge on any atom is -0.228 e. The molecule has 2 N–H and O–H groups in total. The summed E-state index contributed by atoms with van der Waals surface area (Å²) in [7, 11) is -3.28. The van der Waals surface area contributed by atoms with Crippen molar-refractivity contribution in [3.05, 3.63) is 0 Å². The quantitative estimate of drug-likeness (QED) is 0.645. The smallest absolute Gasteiger partial charge is 0.212 e. The van der Waals surface area contributed by atoms with Crippen molar-refractivity contribution < 1.29 is 8.42 Å². The summed E-state index contributed by atoms with van der Waals surface area (Å²) in [4.78, 5) is 0. The van der Waals surface area contributed by atoms with Crippen LogP contribution in [-0.4, -0.2) is 13.7 Å². The summed E-state index contributed by atoms with van der Waals surface area (Å²) >= 11 is 0. The summed E-state index contributed by atoms with van der Waals surface area (Å²) in [6.45, 7) is 1.97. The SMILES string of the molecule is CC1CCCCC1S(N)(=O)=O. The summed E-state index contributed by atoms with van der Waals surface area (Å²) in [5, 5.41) is 4.79. The Balaban J connectivity index is 2.70. The topological polar surface area (TPSA) is 60.2 Å². The van der Waals surface area contributed by atoms with Crippen LogP contribution in [0.4, 0.5) is 0 Å². The van der Waals surface area contributed by atoms with E-state index >= 15 is 0 Å². The molecule has 2 atom stereocenters. The minimum atomic E-state index is -3.28. The van der Waals surface area contributed by atoms with E-state index in [1.807, 2.05) is 6.92 Å². The molecule has 0 aromatic heterocycles. The Labute approximate surface area is 68.0 Å². The number of nitrogens with two attached hydrogens (primary N) is 1. The molecule has 0 bridgehead atoms. The van der Waals surface area contributed by atoms with Crippen LogP contribution in [-0.2, 0) is 10.0 Å². The summed E-state index contributed by atoms with van der Waals surface area (Å²) in [6, 6.07) is 0. The molecule has 0 aliphatic heterocycles. The second kappa shape index (κ2) is 3.11. The van der Waals surface area contributed by atoms with Crippen molar-refractivity contribution in [1.29, 1.82) is 0 Å². The second-order valence-electron chi connectivity index (χ2n) is 3.39. The molecule has 1 rings (SSSR count). The van der Waals surface area contributed by atoms with E-state index in [-0.39, 0.29) is 11.2 Å². The van der Waals surface area contributed by atoms with Gasteiger partial charge in [0.1, 0.15) is 0 Å². The van der Waals surface area contributed by atoms with Crippen LogP contribution in [0.15, 0.2) is 0 Å². The number of hydrogen-bond donors (Lipinski definition) is 1. The van der Waals surface area contributed by atoms with E-state index in [0.717, 1.165) is 25.7 Å². The van der Waals surface area contributed by atoms with Crippen LogP contribution in [0, 0.1) is 5.92 Å². The summed E-state index contributed by atoms with van der Waals surface area (Å²) in [6.07, 6.45) is 3.90. The third-order valence-electron chi connectivity index (χ3n) is 2.45. The highest BCUT2D eigenvalue weighted by Gasteiger charge is 2.29. The molecule has 3 nitrogen and oxygen atoms in total. The average molecular weight is 177 g/mol. The van der Waals surface area contributed by atoms with Gasteiger partial charge in [-0.3, -0.25) is 0 Å². The summed E-state index contributed by atoms with van der Waals surface area (Å²) < 4.78 is 21.9. The Hall–Kier alpha value is -0.0900. The van der Waals surface area contributed by atoms with Gasteiger partial charge in [-0.15, -0.1) is 0 Å². The van der Waals surface area contributed by atoms with Gasteiger partial charge in [0.05, 0.1) is 5.25 Å². The van der Waals surface area contributed by atoms with Crippen molar-refractivity contribution >= 4 is 10.0 Å². The first-order valence-electron chi connectivity index (χ1n) is 4.03. The van der Waals surface area contributed by atoms with Crippen LogP contribution in [0.5, 0.6) is 0 Å². The fraction of sp³-hybridized carbons (Fsp3) is 1.00. The van der Waals surface area contributed by atoms with Crippen LogP contribution >= 0.6 is 0 Å². The van der Waals surface area contributed by atoms with Gasteiger partial charge < -0.3 is 0 Å². The Morgan fingerprint density at radius 2 is 1.82 bits per heavy atom. The van der Waals surface area contributed by atoms with Gasteiger partial charge in [0.2, 0.25) is 10.0 Å². The summed E-state index contributed by atoms with van der Waals surface area (Å²) in [5.41, 5.74) is 0. The molecule has 2 unspecified atom stereocenters. The maximum absolute atomic E-state index is 11.0. The zero-order valence-electron chi connectivity index (χ0n) is 6.79. The molecule has 0 saturated heterocycles. The van der Waals surface area contributed by atoms with Crippen molar-refractivity contribution in [1.82, 2.24) is 0 Å². The Morgan fingerprint density at radius 1 is 1.27 bits per heavy atom. The van der Waals surface area contributed by atoms with E-state index < -0.39 is 10.0 Å². The molecular weight excluding hydrogens is 162 g/mol. The normalized spacial score (nSPS) is 33.6. The van der Waals surface area contributed by atoms with Crippen LogP contribution in [0.25, 0.3) is 0 Å². The van der Waals surface area contributed by atoms with Gasteiger partial charge in [-0.05, 0) is 18.8 Å². The van der Waals surface area contributed by atoms with E-state index in [0.29, 0.717) is 0 Å². The van der Waals surface area contributed by atoms with Crippen molar-refractivity contribution in [3.8, 4) is 0 Å². The standard InChI is InChI=1S/C7H15NO2S/c1-6-4-2-3-5-7(6)11(8,9)10/h6-7H,2-5H2,1H3,(H2,8,9,10). The fourth-order valence-corrected chi connectivity index (χ4v) is 3.05. The molecule has 0 radical (unpaired) electrons. The molecule has 0 amide bonds. The van der Waals surface area contributed by atoms with Gasteiger partial charge in [0.25, 0.3) is 0 Å². The third-order valence-corrected chi connectivity index (χ3v) is 4.00. The first-order valence-corrected chi connectivity index (χ1v) is 5.64. The predicted octanol–water partition coefficient (Wildman–Crippen LogP) is 0.854. The van der Waals surface area contributed by atoms with E-state index in [9.17, 15) is 8.42 Å². The molecule has 1 aliphatic carbocycles. The highest BCUT2D eigenvalue weighted by atomic mass is 32.2. The van der Waals surface area contributed by atoms with E-state index in [1.165, 1.54) is 0 Å². The van der Waals surface area contributed by atoms with Crippen LogP contribution in [0.1, 0.15) is 32.6 Å². The minimum absolute atomic E-state index is 0.249. The summed E-state index contributed by atoms with van der Waals surface area (Å²) in [5.74, 6) is 0.249. The number of sulfonamides is 1. The first-order chi connectivity index (χ1) is 5.02. The molecule has 1 fully saturated rings. The van der Waals surface area contributed by atoms with Crippen LogP contribution in [0.3, 0.4) is 0 Å². The molecule has 11 heavy (non-hydrogen) atoms. The molecule has 66 valence electrons. The molecule has 0 spiro atoms. The van der Waals surface area contributed by atoms with Gasteiger partial charge in [0, 0.05) is 0 Å². The van der Waals surface area contributed by atoms with E-state index in [1.54, 1.807) is 0 Å². The monoisotopic (exact) mass is 177 g/mol. The number of hydrogen-bond acceptors (Lipinski definition) is 2. The predicted molar refractivity (Wildman–Crippen MR) is 44.5 cm³/mol. The molecule has 0 aromatic carbocycles. The molecule has 0 aromatic rings. The Kier molecular flexibility index (Phi) is 2.54. The molecule has 4 heteroatoms. The lowest BCUT2D eigenvalue weighted by Gasteiger charge is -2.26. The van der Waals surface area contributed by atoms with Crippen molar-refractivity contribution in [2.24, 2.45) is 11.1 Å². The van der Waals surface area contributed by atoms with Crippen molar-refractivity contribution in [2.45, 2.75) is 37.9 Å². The Bertz CT molecular complexity index is 223. The van der Waals surface area contributed by atoms with Gasteiger partial charge in [-0.2, -0.15) is 0 Å². The highest BCUT2D eigenvalue weighted by Crippen LogP contribution is 2.27. The van der Waals surface area contributed by atoms with Gasteiger partial charge >= 0.3 is 0 Å². The molecule has 1 saturated carbocycles. The fourth-order valence-electron chi connectivity index (χ4n) is 1.77. The molecular formula is C7H15NO2S. The average Bonchev–Trinajstić information content (AvgIpc) is 1.86. The molecule has 0 heterocycles. The van der Waals surface area contributed by atoms with E-state index in [2.05, 4.69) is 0 Å². The Morgan fingerprint density at radius 3 is 2.18 bits per heavy atom. The zero-order valence-corrected chi connectivity index (χ0v) is 7.60. The maximum atomic E-state index is 11.0. The number of primary sulfonamides is 1. The number of rotatable bonds is 1. The van der Waals surface area contributed by atoms with Crippen LogP contribution in [0.2, 0.25) is 0 Å².